The molecule has 6 nitrogen and oxygen atoms in total. The van der Waals surface area contributed by atoms with Gasteiger partial charge in [0, 0.05) is 12.5 Å². The molecule has 2 fully saturated rings. The zero-order valence-corrected chi connectivity index (χ0v) is 14.0. The van der Waals surface area contributed by atoms with Crippen molar-refractivity contribution in [3.63, 3.8) is 0 Å². The summed E-state index contributed by atoms with van der Waals surface area (Å²) in [4.78, 5) is 4.41. The average molecular weight is 360 g/mol. The summed E-state index contributed by atoms with van der Waals surface area (Å²) in [7, 11) is -3.57. The molecule has 1 atom stereocenters. The number of sulfonamides is 1. The molecule has 0 aromatic carbocycles. The second-order valence-corrected chi connectivity index (χ2v) is 9.43. The van der Waals surface area contributed by atoms with Gasteiger partial charge in [0.1, 0.15) is 10.3 Å². The quantitative estimate of drug-likeness (QED) is 0.837. The molecule has 0 radical (unpaired) electrons. The standard InChI is InChI=1S/C13H14ClN3O3S2/c14-10-5-6-11(21-10)22(18,19)17-7-1-2-9(17)13-15-12(16-20-13)8-3-4-8/h5-6,8-9H,1-4,7H2. The average Bonchev–Trinajstić information content (AvgIpc) is 2.95. The summed E-state index contributed by atoms with van der Waals surface area (Å²) in [5.41, 5.74) is 0. The van der Waals surface area contributed by atoms with E-state index in [0.717, 1.165) is 30.6 Å². The van der Waals surface area contributed by atoms with E-state index in [2.05, 4.69) is 10.1 Å². The minimum atomic E-state index is -3.57. The van der Waals surface area contributed by atoms with Gasteiger partial charge in [-0.25, -0.2) is 8.42 Å². The summed E-state index contributed by atoms with van der Waals surface area (Å²) in [6.45, 7) is 0.462. The third-order valence-electron chi connectivity index (χ3n) is 4.00. The van der Waals surface area contributed by atoms with E-state index in [4.69, 9.17) is 16.1 Å². The molecule has 2 aromatic heterocycles. The Hall–Kier alpha value is -0.960. The number of hydrogen-bond donors (Lipinski definition) is 0. The normalized spacial score (nSPS) is 23.2. The van der Waals surface area contributed by atoms with E-state index in [-0.39, 0.29) is 10.3 Å². The van der Waals surface area contributed by atoms with Gasteiger partial charge in [-0.2, -0.15) is 9.29 Å². The van der Waals surface area contributed by atoms with Crippen LogP contribution in [0.15, 0.2) is 20.9 Å². The first-order valence-electron chi connectivity index (χ1n) is 7.16. The van der Waals surface area contributed by atoms with Crippen molar-refractivity contribution in [1.82, 2.24) is 14.4 Å². The van der Waals surface area contributed by atoms with Gasteiger partial charge in [-0.15, -0.1) is 11.3 Å². The molecule has 2 aromatic rings. The molecule has 1 saturated carbocycles. The van der Waals surface area contributed by atoms with E-state index in [9.17, 15) is 8.42 Å². The number of nitrogens with zero attached hydrogens (tertiary/aromatic N) is 3. The van der Waals surface area contributed by atoms with Crippen molar-refractivity contribution in [2.24, 2.45) is 0 Å². The zero-order chi connectivity index (χ0) is 15.3. The van der Waals surface area contributed by atoms with Crippen LogP contribution < -0.4 is 0 Å². The smallest absolute Gasteiger partial charge is 0.253 e. The second kappa shape index (κ2) is 5.30. The molecule has 0 N–H and O–H groups in total. The van der Waals surface area contributed by atoms with Gasteiger partial charge in [0.15, 0.2) is 5.82 Å². The molecule has 1 aliphatic heterocycles. The van der Waals surface area contributed by atoms with Crippen molar-refractivity contribution in [2.75, 3.05) is 6.54 Å². The summed E-state index contributed by atoms with van der Waals surface area (Å²) in [5.74, 6) is 1.50. The molecule has 1 unspecified atom stereocenters. The zero-order valence-electron chi connectivity index (χ0n) is 11.6. The first-order valence-corrected chi connectivity index (χ1v) is 9.80. The van der Waals surface area contributed by atoms with Gasteiger partial charge in [0.25, 0.3) is 10.0 Å². The number of halogens is 1. The molecule has 2 aliphatic rings. The summed E-state index contributed by atoms with van der Waals surface area (Å²) in [6, 6.07) is 2.77. The summed E-state index contributed by atoms with van der Waals surface area (Å²) in [6.07, 6.45) is 3.65. The predicted molar refractivity (Wildman–Crippen MR) is 81.5 cm³/mol. The maximum Gasteiger partial charge on any atom is 0.253 e. The Balaban J connectivity index is 1.65. The van der Waals surface area contributed by atoms with Gasteiger partial charge in [-0.3, -0.25) is 0 Å². The Labute approximate surface area is 137 Å². The van der Waals surface area contributed by atoms with Crippen molar-refractivity contribution in [3.05, 3.63) is 28.2 Å². The fraction of sp³-hybridized carbons (Fsp3) is 0.538. The number of rotatable bonds is 4. The SMILES string of the molecule is O=S(=O)(c1ccc(Cl)s1)N1CCCC1c1nc(C2CC2)no1. The van der Waals surface area contributed by atoms with Gasteiger partial charge in [0.2, 0.25) is 5.89 Å². The molecule has 1 aliphatic carbocycles. The van der Waals surface area contributed by atoms with Crippen molar-refractivity contribution >= 4 is 33.0 Å². The molecular weight excluding hydrogens is 346 g/mol. The number of thiophene rings is 1. The van der Waals surface area contributed by atoms with Crippen LogP contribution in [0.3, 0.4) is 0 Å². The van der Waals surface area contributed by atoms with Crippen LogP contribution in [0.1, 0.15) is 49.4 Å². The van der Waals surface area contributed by atoms with Crippen LogP contribution in [-0.2, 0) is 10.0 Å². The highest BCUT2D eigenvalue weighted by atomic mass is 35.5. The second-order valence-electron chi connectivity index (χ2n) is 5.60. The summed E-state index contributed by atoms with van der Waals surface area (Å²) < 4.78 is 33.0. The summed E-state index contributed by atoms with van der Waals surface area (Å²) in [5, 5.41) is 3.99. The van der Waals surface area contributed by atoms with Crippen LogP contribution in [0.2, 0.25) is 4.34 Å². The Morgan fingerprint density at radius 2 is 2.14 bits per heavy atom. The minimum absolute atomic E-state index is 0.256. The molecular formula is C13H14ClN3O3S2. The molecule has 9 heteroatoms. The van der Waals surface area contributed by atoms with E-state index in [1.807, 2.05) is 0 Å². The molecule has 1 saturated heterocycles. The number of aromatic nitrogens is 2. The minimum Gasteiger partial charge on any atom is -0.338 e. The topological polar surface area (TPSA) is 76.3 Å². The molecule has 118 valence electrons. The van der Waals surface area contributed by atoms with Gasteiger partial charge in [-0.1, -0.05) is 16.8 Å². The van der Waals surface area contributed by atoms with Crippen molar-refractivity contribution < 1.29 is 12.9 Å². The monoisotopic (exact) mass is 359 g/mol. The van der Waals surface area contributed by atoms with Crippen molar-refractivity contribution in [1.29, 1.82) is 0 Å². The van der Waals surface area contributed by atoms with E-state index in [0.29, 0.717) is 34.9 Å². The van der Waals surface area contributed by atoms with E-state index in [1.54, 1.807) is 12.1 Å². The highest BCUT2D eigenvalue weighted by Gasteiger charge is 2.40. The lowest BCUT2D eigenvalue weighted by Crippen LogP contribution is -2.30. The lowest BCUT2D eigenvalue weighted by atomic mass is 10.2. The first kappa shape index (κ1) is 14.6. The van der Waals surface area contributed by atoms with Crippen LogP contribution >= 0.6 is 22.9 Å². The molecule has 0 bridgehead atoms. The Kier molecular flexibility index (Phi) is 3.52. The highest BCUT2D eigenvalue weighted by Crippen LogP contribution is 2.41. The lowest BCUT2D eigenvalue weighted by molar-refractivity contribution is 0.289. The maximum atomic E-state index is 12.8. The fourth-order valence-electron chi connectivity index (χ4n) is 2.72. The van der Waals surface area contributed by atoms with Gasteiger partial charge >= 0.3 is 0 Å². The van der Waals surface area contributed by atoms with Crippen LogP contribution in [0.5, 0.6) is 0 Å². The van der Waals surface area contributed by atoms with E-state index < -0.39 is 10.0 Å². The Morgan fingerprint density at radius 1 is 1.32 bits per heavy atom. The molecule has 0 amide bonds. The van der Waals surface area contributed by atoms with Crippen molar-refractivity contribution in [2.45, 2.75) is 41.9 Å². The van der Waals surface area contributed by atoms with E-state index in [1.165, 1.54) is 4.31 Å². The molecule has 4 rings (SSSR count). The van der Waals surface area contributed by atoms with Crippen LogP contribution in [-0.4, -0.2) is 29.4 Å². The summed E-state index contributed by atoms with van der Waals surface area (Å²) >= 11 is 6.93. The number of hydrogen-bond acceptors (Lipinski definition) is 6. The largest absolute Gasteiger partial charge is 0.338 e. The van der Waals surface area contributed by atoms with Crippen molar-refractivity contribution in [3.8, 4) is 0 Å². The highest BCUT2D eigenvalue weighted by molar-refractivity contribution is 7.91. The van der Waals surface area contributed by atoms with Crippen LogP contribution in [0.25, 0.3) is 0 Å². The predicted octanol–water partition coefficient (Wildman–Crippen LogP) is 3.19. The Bertz CT molecular complexity index is 797. The molecule has 0 spiro atoms. The lowest BCUT2D eigenvalue weighted by Gasteiger charge is -2.20. The van der Waals surface area contributed by atoms with Gasteiger partial charge in [0.05, 0.1) is 4.34 Å². The van der Waals surface area contributed by atoms with Crippen LogP contribution in [0.4, 0.5) is 0 Å². The fourth-order valence-corrected chi connectivity index (χ4v) is 5.98. The molecule has 3 heterocycles. The van der Waals surface area contributed by atoms with Gasteiger partial charge in [-0.05, 0) is 37.8 Å². The first-order chi connectivity index (χ1) is 10.6. The third-order valence-corrected chi connectivity index (χ3v) is 7.61. The Morgan fingerprint density at radius 3 is 2.82 bits per heavy atom. The third kappa shape index (κ3) is 2.47. The van der Waals surface area contributed by atoms with Gasteiger partial charge < -0.3 is 4.52 Å². The molecule has 22 heavy (non-hydrogen) atoms. The van der Waals surface area contributed by atoms with E-state index >= 15 is 0 Å². The maximum absolute atomic E-state index is 12.8. The van der Waals surface area contributed by atoms with Crippen LogP contribution in [0, 0.1) is 0 Å².